The Labute approximate surface area is 116 Å². The molecule has 0 saturated carbocycles. The molecule has 0 radical (unpaired) electrons. The van der Waals surface area contributed by atoms with Crippen LogP contribution in [0.2, 0.25) is 0 Å². The zero-order chi connectivity index (χ0) is 14.8. The number of rotatable bonds is 5. The third-order valence-corrected chi connectivity index (χ3v) is 3.51. The molecule has 1 saturated heterocycles. The van der Waals surface area contributed by atoms with Crippen molar-refractivity contribution in [1.82, 2.24) is 4.90 Å². The Kier molecular flexibility index (Phi) is 3.83. The van der Waals surface area contributed by atoms with Gasteiger partial charge in [-0.3, -0.25) is 9.69 Å². The van der Waals surface area contributed by atoms with E-state index in [1.54, 1.807) is 24.3 Å². The highest BCUT2D eigenvalue weighted by Crippen LogP contribution is 2.30. The number of phenolic OH excluding ortho intramolecular Hbond substituents is 1. The van der Waals surface area contributed by atoms with Crippen molar-refractivity contribution in [3.8, 4) is 5.75 Å². The Morgan fingerprint density at radius 2 is 2.25 bits per heavy atom. The quantitative estimate of drug-likeness (QED) is 0.860. The molecule has 0 bridgehead atoms. The average molecular weight is 279 g/mol. The molecule has 1 aliphatic heterocycles. The molecule has 0 aliphatic carbocycles. The van der Waals surface area contributed by atoms with E-state index in [1.165, 1.54) is 4.90 Å². The lowest BCUT2D eigenvalue weighted by molar-refractivity contribution is -0.137. The zero-order valence-corrected chi connectivity index (χ0v) is 11.2. The van der Waals surface area contributed by atoms with Crippen LogP contribution in [0, 0.1) is 0 Å². The molecule has 1 amide bonds. The molecule has 2 rings (SSSR count). The summed E-state index contributed by atoms with van der Waals surface area (Å²) >= 11 is 0. The van der Waals surface area contributed by atoms with Crippen LogP contribution in [0.5, 0.6) is 5.75 Å². The van der Waals surface area contributed by atoms with E-state index in [2.05, 4.69) is 0 Å². The first-order chi connectivity index (χ1) is 9.40. The molecule has 2 N–H and O–H groups in total. The summed E-state index contributed by atoms with van der Waals surface area (Å²) in [6.07, 6.45) is -0.155. The summed E-state index contributed by atoms with van der Waals surface area (Å²) in [5.41, 5.74) is 0.131. The standard InChI is InChI=1S/C14H17NO5/c1-14(6-5-12(17)18)9-20-13(19)15(14)8-10-3-2-4-11(16)7-10/h2-4,7,16H,5-6,8-9H2,1H3,(H,17,18). The SMILES string of the molecule is CC1(CCC(=O)O)COC(=O)N1Cc1cccc(O)c1. The number of hydrogen-bond donors (Lipinski definition) is 2. The summed E-state index contributed by atoms with van der Waals surface area (Å²) in [6.45, 7) is 2.27. The van der Waals surface area contributed by atoms with E-state index in [0.717, 1.165) is 5.56 Å². The number of nitrogens with zero attached hydrogens (tertiary/aromatic N) is 1. The van der Waals surface area contributed by atoms with E-state index in [0.29, 0.717) is 6.42 Å². The average Bonchev–Trinajstić information content (AvgIpc) is 2.66. The molecule has 108 valence electrons. The summed E-state index contributed by atoms with van der Waals surface area (Å²) in [7, 11) is 0. The molecule has 1 atom stereocenters. The molecule has 6 nitrogen and oxygen atoms in total. The monoisotopic (exact) mass is 279 g/mol. The van der Waals surface area contributed by atoms with Crippen LogP contribution in [0.15, 0.2) is 24.3 Å². The minimum absolute atomic E-state index is 0.0241. The van der Waals surface area contributed by atoms with Gasteiger partial charge in [-0.2, -0.15) is 0 Å². The van der Waals surface area contributed by atoms with Crippen LogP contribution >= 0.6 is 0 Å². The van der Waals surface area contributed by atoms with Crippen LogP contribution in [-0.4, -0.2) is 39.3 Å². The predicted molar refractivity (Wildman–Crippen MR) is 70.3 cm³/mol. The smallest absolute Gasteiger partial charge is 0.410 e. The summed E-state index contributed by atoms with van der Waals surface area (Å²) in [5, 5.41) is 18.2. The van der Waals surface area contributed by atoms with Crippen molar-refractivity contribution in [2.75, 3.05) is 6.61 Å². The topological polar surface area (TPSA) is 87.1 Å². The van der Waals surface area contributed by atoms with Crippen LogP contribution < -0.4 is 0 Å². The lowest BCUT2D eigenvalue weighted by atomic mass is 9.95. The van der Waals surface area contributed by atoms with Gasteiger partial charge in [0.15, 0.2) is 0 Å². The first kappa shape index (κ1) is 14.2. The highest BCUT2D eigenvalue weighted by atomic mass is 16.6. The number of amides is 1. The molecular weight excluding hydrogens is 262 g/mol. The summed E-state index contributed by atoms with van der Waals surface area (Å²) in [4.78, 5) is 24.0. The molecule has 0 aromatic heterocycles. The van der Waals surface area contributed by atoms with Crippen molar-refractivity contribution in [2.45, 2.75) is 31.8 Å². The van der Waals surface area contributed by atoms with Gasteiger partial charge in [-0.15, -0.1) is 0 Å². The maximum absolute atomic E-state index is 11.8. The Morgan fingerprint density at radius 3 is 2.90 bits per heavy atom. The van der Waals surface area contributed by atoms with Gasteiger partial charge in [0.25, 0.3) is 0 Å². The maximum Gasteiger partial charge on any atom is 0.410 e. The van der Waals surface area contributed by atoms with Gasteiger partial charge in [0.1, 0.15) is 12.4 Å². The summed E-state index contributed by atoms with van der Waals surface area (Å²) < 4.78 is 5.05. The van der Waals surface area contributed by atoms with Gasteiger partial charge in [0.2, 0.25) is 0 Å². The minimum Gasteiger partial charge on any atom is -0.508 e. The fraction of sp³-hybridized carbons (Fsp3) is 0.429. The van der Waals surface area contributed by atoms with Crippen molar-refractivity contribution < 1.29 is 24.5 Å². The molecule has 1 unspecified atom stereocenters. The fourth-order valence-electron chi connectivity index (χ4n) is 2.27. The molecule has 0 spiro atoms. The van der Waals surface area contributed by atoms with Gasteiger partial charge in [0.05, 0.1) is 5.54 Å². The summed E-state index contributed by atoms with van der Waals surface area (Å²) in [5.74, 6) is -0.773. The van der Waals surface area contributed by atoms with Gasteiger partial charge < -0.3 is 14.9 Å². The van der Waals surface area contributed by atoms with Crippen molar-refractivity contribution >= 4 is 12.1 Å². The van der Waals surface area contributed by atoms with E-state index in [4.69, 9.17) is 9.84 Å². The molecular formula is C14H17NO5. The summed E-state index contributed by atoms with van der Waals surface area (Å²) in [6, 6.07) is 6.61. The lowest BCUT2D eigenvalue weighted by Crippen LogP contribution is -2.44. The Balaban J connectivity index is 2.14. The third kappa shape index (κ3) is 3.01. The molecule has 6 heteroatoms. The third-order valence-electron chi connectivity index (χ3n) is 3.51. The number of carbonyl (C=O) groups excluding carboxylic acids is 1. The first-order valence-electron chi connectivity index (χ1n) is 6.35. The van der Waals surface area contributed by atoms with Gasteiger partial charge >= 0.3 is 12.1 Å². The van der Waals surface area contributed by atoms with Crippen molar-refractivity contribution in [3.05, 3.63) is 29.8 Å². The Morgan fingerprint density at radius 1 is 1.50 bits per heavy atom. The van der Waals surface area contributed by atoms with E-state index < -0.39 is 17.6 Å². The van der Waals surface area contributed by atoms with E-state index in [9.17, 15) is 14.7 Å². The van der Waals surface area contributed by atoms with Crippen molar-refractivity contribution in [1.29, 1.82) is 0 Å². The first-order valence-corrected chi connectivity index (χ1v) is 6.35. The number of carbonyl (C=O) groups is 2. The minimum atomic E-state index is -0.900. The number of carboxylic acid groups (broad SMARTS) is 1. The van der Waals surface area contributed by atoms with Crippen molar-refractivity contribution in [2.24, 2.45) is 0 Å². The number of aliphatic carboxylic acids is 1. The maximum atomic E-state index is 11.8. The predicted octanol–water partition coefficient (Wildman–Crippen LogP) is 1.97. The second-order valence-electron chi connectivity index (χ2n) is 5.20. The highest BCUT2D eigenvalue weighted by molar-refractivity contribution is 5.72. The van der Waals surface area contributed by atoms with Crippen LogP contribution in [0.3, 0.4) is 0 Å². The van der Waals surface area contributed by atoms with E-state index in [1.807, 2.05) is 6.92 Å². The van der Waals surface area contributed by atoms with E-state index in [-0.39, 0.29) is 25.3 Å². The van der Waals surface area contributed by atoms with Gasteiger partial charge in [-0.05, 0) is 31.0 Å². The number of cyclic esters (lactones) is 1. The molecule has 20 heavy (non-hydrogen) atoms. The van der Waals surface area contributed by atoms with E-state index >= 15 is 0 Å². The Hall–Kier alpha value is -2.24. The normalized spacial score (nSPS) is 21.9. The molecule has 1 aromatic carbocycles. The zero-order valence-electron chi connectivity index (χ0n) is 11.2. The molecule has 1 aliphatic rings. The molecule has 1 heterocycles. The van der Waals surface area contributed by atoms with Gasteiger partial charge in [0, 0.05) is 13.0 Å². The second kappa shape index (κ2) is 5.40. The van der Waals surface area contributed by atoms with Crippen molar-refractivity contribution in [3.63, 3.8) is 0 Å². The molecule has 1 aromatic rings. The molecule has 1 fully saturated rings. The second-order valence-corrected chi connectivity index (χ2v) is 5.20. The van der Waals surface area contributed by atoms with Gasteiger partial charge in [-0.1, -0.05) is 12.1 Å². The number of aromatic hydroxyl groups is 1. The largest absolute Gasteiger partial charge is 0.508 e. The van der Waals surface area contributed by atoms with Crippen LogP contribution in [0.1, 0.15) is 25.3 Å². The van der Waals surface area contributed by atoms with Crippen LogP contribution in [0.25, 0.3) is 0 Å². The number of hydrogen-bond acceptors (Lipinski definition) is 4. The lowest BCUT2D eigenvalue weighted by Gasteiger charge is -2.31. The number of benzene rings is 1. The number of phenols is 1. The van der Waals surface area contributed by atoms with Crippen LogP contribution in [0.4, 0.5) is 4.79 Å². The fourth-order valence-corrected chi connectivity index (χ4v) is 2.27. The highest BCUT2D eigenvalue weighted by Gasteiger charge is 2.43. The Bertz CT molecular complexity index is 530. The number of carboxylic acids is 1. The van der Waals surface area contributed by atoms with Crippen LogP contribution in [-0.2, 0) is 16.1 Å². The number of ether oxygens (including phenoxy) is 1. The van der Waals surface area contributed by atoms with Gasteiger partial charge in [-0.25, -0.2) is 4.79 Å².